The highest BCUT2D eigenvalue weighted by Crippen LogP contribution is 2.33. The van der Waals surface area contributed by atoms with E-state index in [0.29, 0.717) is 11.2 Å². The van der Waals surface area contributed by atoms with E-state index in [9.17, 15) is 9.59 Å². The molecule has 158 valence electrons. The maximum Gasteiger partial charge on any atom is 0.262 e. The van der Waals surface area contributed by atoms with Gasteiger partial charge in [-0.2, -0.15) is 5.10 Å². The van der Waals surface area contributed by atoms with Crippen molar-refractivity contribution >= 4 is 33.3 Å². The summed E-state index contributed by atoms with van der Waals surface area (Å²) in [6, 6.07) is 9.73. The number of thiophene rings is 1. The SMILES string of the molecule is Cc1ccc(-n2nc(C)cc2NC(=O)Cn2cnc3sc4c(c3c2=O)CCCC4)cc1. The number of carbonyl (C=O) groups is 1. The van der Waals surface area contributed by atoms with Gasteiger partial charge in [-0.15, -0.1) is 11.3 Å². The molecule has 4 aromatic rings. The zero-order valence-electron chi connectivity index (χ0n) is 17.5. The predicted molar refractivity (Wildman–Crippen MR) is 122 cm³/mol. The van der Waals surface area contributed by atoms with E-state index in [1.54, 1.807) is 16.0 Å². The maximum absolute atomic E-state index is 13.1. The molecule has 7 nitrogen and oxygen atoms in total. The lowest BCUT2D eigenvalue weighted by Crippen LogP contribution is -2.28. The van der Waals surface area contributed by atoms with Crippen molar-refractivity contribution in [1.29, 1.82) is 0 Å². The summed E-state index contributed by atoms with van der Waals surface area (Å²) < 4.78 is 3.10. The van der Waals surface area contributed by atoms with Gasteiger partial charge in [0.1, 0.15) is 17.2 Å². The molecular weight excluding hydrogens is 410 g/mol. The Bertz CT molecular complexity index is 1350. The Labute approximate surface area is 183 Å². The van der Waals surface area contributed by atoms with Crippen LogP contribution in [0.2, 0.25) is 0 Å². The molecule has 1 amide bonds. The smallest absolute Gasteiger partial charge is 0.262 e. The van der Waals surface area contributed by atoms with Crippen LogP contribution in [0, 0.1) is 13.8 Å². The van der Waals surface area contributed by atoms with E-state index in [2.05, 4.69) is 15.4 Å². The van der Waals surface area contributed by atoms with E-state index < -0.39 is 0 Å². The van der Waals surface area contributed by atoms with Crippen molar-refractivity contribution in [3.8, 4) is 5.69 Å². The fourth-order valence-electron chi connectivity index (χ4n) is 4.10. The first-order chi connectivity index (χ1) is 15.0. The molecule has 31 heavy (non-hydrogen) atoms. The summed E-state index contributed by atoms with van der Waals surface area (Å²) in [4.78, 5) is 32.4. The van der Waals surface area contributed by atoms with Crippen molar-refractivity contribution in [1.82, 2.24) is 19.3 Å². The van der Waals surface area contributed by atoms with Gasteiger partial charge in [-0.25, -0.2) is 9.67 Å². The minimum atomic E-state index is -0.291. The molecule has 5 rings (SSSR count). The van der Waals surface area contributed by atoms with Gasteiger partial charge in [0.05, 0.1) is 23.1 Å². The summed E-state index contributed by atoms with van der Waals surface area (Å²) in [5.41, 5.74) is 3.80. The molecule has 0 bridgehead atoms. The summed E-state index contributed by atoms with van der Waals surface area (Å²) in [6.07, 6.45) is 5.66. The molecule has 3 heterocycles. The van der Waals surface area contributed by atoms with Crippen LogP contribution in [-0.2, 0) is 24.2 Å². The Balaban J connectivity index is 1.42. The third-order valence-corrected chi connectivity index (χ3v) is 6.83. The molecular formula is C23H23N5O2S. The number of hydrogen-bond acceptors (Lipinski definition) is 5. The van der Waals surface area contributed by atoms with Crippen molar-refractivity contribution in [2.24, 2.45) is 0 Å². The normalized spacial score (nSPS) is 13.4. The first-order valence-corrected chi connectivity index (χ1v) is 11.2. The molecule has 0 saturated carbocycles. The number of aromatic nitrogens is 4. The van der Waals surface area contributed by atoms with Crippen molar-refractivity contribution in [3.05, 3.63) is 68.7 Å². The van der Waals surface area contributed by atoms with Gasteiger partial charge in [0, 0.05) is 10.9 Å². The van der Waals surface area contributed by atoms with Crippen LogP contribution in [0.3, 0.4) is 0 Å². The van der Waals surface area contributed by atoms with Gasteiger partial charge >= 0.3 is 0 Å². The van der Waals surface area contributed by atoms with Gasteiger partial charge < -0.3 is 5.32 Å². The van der Waals surface area contributed by atoms with Gasteiger partial charge in [0.25, 0.3) is 5.56 Å². The maximum atomic E-state index is 13.1. The first kappa shape index (κ1) is 19.7. The van der Waals surface area contributed by atoms with Crippen LogP contribution >= 0.6 is 11.3 Å². The molecule has 0 unspecified atom stereocenters. The molecule has 0 radical (unpaired) electrons. The lowest BCUT2D eigenvalue weighted by atomic mass is 9.97. The number of nitrogens with zero attached hydrogens (tertiary/aromatic N) is 4. The van der Waals surface area contributed by atoms with Crippen molar-refractivity contribution in [3.63, 3.8) is 0 Å². The minimum absolute atomic E-state index is 0.0927. The van der Waals surface area contributed by atoms with Gasteiger partial charge in [0.15, 0.2) is 0 Å². The zero-order chi connectivity index (χ0) is 21.5. The van der Waals surface area contributed by atoms with Gasteiger partial charge in [-0.3, -0.25) is 14.2 Å². The van der Waals surface area contributed by atoms with Crippen molar-refractivity contribution in [2.45, 2.75) is 46.1 Å². The Morgan fingerprint density at radius 3 is 2.74 bits per heavy atom. The molecule has 0 spiro atoms. The number of hydrogen-bond donors (Lipinski definition) is 1. The van der Waals surface area contributed by atoms with Crippen LogP contribution in [0.25, 0.3) is 15.9 Å². The van der Waals surface area contributed by atoms with Crippen LogP contribution < -0.4 is 10.9 Å². The van der Waals surface area contributed by atoms with Crippen LogP contribution in [0.1, 0.15) is 34.5 Å². The third kappa shape index (κ3) is 3.67. The quantitative estimate of drug-likeness (QED) is 0.531. The number of carbonyl (C=O) groups excluding carboxylic acids is 1. The number of anilines is 1. The predicted octanol–water partition coefficient (Wildman–Crippen LogP) is 3.78. The topological polar surface area (TPSA) is 81.8 Å². The number of amides is 1. The summed E-state index contributed by atoms with van der Waals surface area (Å²) in [5, 5.41) is 8.08. The average Bonchev–Trinajstić information content (AvgIpc) is 3.31. The average molecular weight is 434 g/mol. The lowest BCUT2D eigenvalue weighted by molar-refractivity contribution is -0.116. The number of benzene rings is 1. The molecule has 1 aromatic carbocycles. The molecule has 0 fully saturated rings. The fraction of sp³-hybridized carbons (Fsp3) is 0.304. The van der Waals surface area contributed by atoms with E-state index in [1.807, 2.05) is 44.2 Å². The molecule has 3 aromatic heterocycles. The molecule has 0 aliphatic heterocycles. The Kier molecular flexibility index (Phi) is 4.94. The van der Waals surface area contributed by atoms with Crippen LogP contribution in [0.15, 0.2) is 41.5 Å². The van der Waals surface area contributed by atoms with Gasteiger partial charge in [-0.05, 0) is 57.2 Å². The second kappa shape index (κ2) is 7.77. The fourth-order valence-corrected chi connectivity index (χ4v) is 5.32. The Hall–Kier alpha value is -3.26. The van der Waals surface area contributed by atoms with E-state index in [-0.39, 0.29) is 18.0 Å². The van der Waals surface area contributed by atoms with Gasteiger partial charge in [-0.1, -0.05) is 17.7 Å². The highest BCUT2D eigenvalue weighted by Gasteiger charge is 2.21. The monoisotopic (exact) mass is 433 g/mol. The second-order valence-corrected chi connectivity index (χ2v) is 9.12. The van der Waals surface area contributed by atoms with E-state index in [0.717, 1.165) is 53.0 Å². The van der Waals surface area contributed by atoms with E-state index in [4.69, 9.17) is 0 Å². The first-order valence-electron chi connectivity index (χ1n) is 10.4. The van der Waals surface area contributed by atoms with Gasteiger partial charge in [0.2, 0.25) is 5.91 Å². The molecule has 1 N–H and O–H groups in total. The summed E-state index contributed by atoms with van der Waals surface area (Å²) in [7, 11) is 0. The van der Waals surface area contributed by atoms with Crippen molar-refractivity contribution in [2.75, 3.05) is 5.32 Å². The highest BCUT2D eigenvalue weighted by molar-refractivity contribution is 7.18. The molecule has 0 atom stereocenters. The third-order valence-electron chi connectivity index (χ3n) is 5.63. The van der Waals surface area contributed by atoms with E-state index in [1.165, 1.54) is 15.8 Å². The summed E-state index contributed by atoms with van der Waals surface area (Å²) in [5.74, 6) is 0.280. The van der Waals surface area contributed by atoms with Crippen LogP contribution in [0.4, 0.5) is 5.82 Å². The molecule has 0 saturated heterocycles. The second-order valence-electron chi connectivity index (χ2n) is 8.04. The largest absolute Gasteiger partial charge is 0.309 e. The molecule has 1 aliphatic carbocycles. The highest BCUT2D eigenvalue weighted by atomic mass is 32.1. The summed E-state index contributed by atoms with van der Waals surface area (Å²) in [6.45, 7) is 3.81. The van der Waals surface area contributed by atoms with Crippen LogP contribution in [0.5, 0.6) is 0 Å². The van der Waals surface area contributed by atoms with Crippen LogP contribution in [-0.4, -0.2) is 25.2 Å². The number of nitrogens with one attached hydrogen (secondary N) is 1. The van der Waals surface area contributed by atoms with E-state index >= 15 is 0 Å². The van der Waals surface area contributed by atoms with Crippen molar-refractivity contribution < 1.29 is 4.79 Å². The molecule has 8 heteroatoms. The Morgan fingerprint density at radius 2 is 1.94 bits per heavy atom. The number of fused-ring (bicyclic) bond motifs is 3. The minimum Gasteiger partial charge on any atom is -0.309 e. The number of rotatable bonds is 4. The Morgan fingerprint density at radius 1 is 1.16 bits per heavy atom. The summed E-state index contributed by atoms with van der Waals surface area (Å²) >= 11 is 1.61. The zero-order valence-corrected chi connectivity index (χ0v) is 18.3. The standard InChI is InChI=1S/C23H23N5O2S/c1-14-7-9-16(10-8-14)28-19(11-15(2)26-28)25-20(29)12-27-13-24-22-21(23(27)30)17-5-3-4-6-18(17)31-22/h7-11,13H,3-6,12H2,1-2H3,(H,25,29). The molecule has 1 aliphatic rings. The number of aryl methyl sites for hydroxylation is 4. The lowest BCUT2D eigenvalue weighted by Gasteiger charge is -2.11.